The van der Waals surface area contributed by atoms with Crippen molar-refractivity contribution in [3.05, 3.63) is 35.4 Å². The molecular weight excluding hydrogens is 296 g/mol. The number of nitrogens with one attached hydrogen (secondary N) is 1. The van der Waals surface area contributed by atoms with Crippen LogP contribution in [0.3, 0.4) is 0 Å². The van der Waals surface area contributed by atoms with E-state index in [4.69, 9.17) is 4.42 Å². The number of aromatic nitrogens is 2. The Hall–Kier alpha value is -2.57. The van der Waals surface area contributed by atoms with Crippen LogP contribution >= 0.6 is 0 Å². The maximum absolute atomic E-state index is 12.6. The van der Waals surface area contributed by atoms with E-state index in [9.17, 15) is 9.59 Å². The molecule has 2 aromatic rings. The van der Waals surface area contributed by atoms with E-state index >= 15 is 0 Å². The number of nitrogens with zero attached hydrogens (tertiary/aromatic N) is 3. The van der Waals surface area contributed by atoms with Crippen LogP contribution in [0.2, 0.25) is 0 Å². The fourth-order valence-corrected chi connectivity index (χ4v) is 2.88. The maximum atomic E-state index is 12.6. The predicted octanol–water partition coefficient (Wildman–Crippen LogP) is 1.76. The first-order chi connectivity index (χ1) is 10.9. The van der Waals surface area contributed by atoms with Crippen molar-refractivity contribution in [3.63, 3.8) is 0 Å². The molecule has 0 bridgehead atoms. The van der Waals surface area contributed by atoms with Gasteiger partial charge in [0.15, 0.2) is 0 Å². The Kier molecular flexibility index (Phi) is 3.94. The lowest BCUT2D eigenvalue weighted by molar-refractivity contribution is -0.134. The summed E-state index contributed by atoms with van der Waals surface area (Å²) in [5, 5.41) is 7.05. The highest BCUT2D eigenvalue weighted by molar-refractivity contribution is 5.98. The van der Waals surface area contributed by atoms with Crippen molar-refractivity contribution in [2.45, 2.75) is 39.3 Å². The van der Waals surface area contributed by atoms with Crippen molar-refractivity contribution in [2.75, 3.05) is 5.32 Å². The standard InChI is InChI=1S/C16H20N4O3/c1-10-8-14(19(3)18-10)17-16(22)13-6-7-15(21)20(13)9-12-5-4-11(2)23-12/h4-5,8,13H,6-7,9H2,1-3H3,(H,17,22). The van der Waals surface area contributed by atoms with Crippen LogP contribution in [0.1, 0.15) is 30.1 Å². The van der Waals surface area contributed by atoms with Crippen molar-refractivity contribution in [3.8, 4) is 0 Å². The molecule has 1 aliphatic rings. The molecule has 3 heterocycles. The van der Waals surface area contributed by atoms with E-state index in [-0.39, 0.29) is 11.8 Å². The monoisotopic (exact) mass is 316 g/mol. The number of carbonyl (C=O) groups is 2. The van der Waals surface area contributed by atoms with Gasteiger partial charge in [0.25, 0.3) is 0 Å². The van der Waals surface area contributed by atoms with Crippen LogP contribution in [0.25, 0.3) is 0 Å². The number of likely N-dealkylation sites (tertiary alicyclic amines) is 1. The number of anilines is 1. The van der Waals surface area contributed by atoms with Crippen LogP contribution in [0, 0.1) is 13.8 Å². The summed E-state index contributed by atoms with van der Waals surface area (Å²) >= 11 is 0. The molecule has 2 amide bonds. The molecule has 0 saturated carbocycles. The van der Waals surface area contributed by atoms with Gasteiger partial charge in [-0.15, -0.1) is 0 Å². The summed E-state index contributed by atoms with van der Waals surface area (Å²) in [4.78, 5) is 26.2. The van der Waals surface area contributed by atoms with Crippen LogP contribution in [-0.4, -0.2) is 32.5 Å². The molecule has 2 aromatic heterocycles. The summed E-state index contributed by atoms with van der Waals surface area (Å²) < 4.78 is 7.14. The third kappa shape index (κ3) is 3.13. The van der Waals surface area contributed by atoms with E-state index in [0.717, 1.165) is 11.5 Å². The Bertz CT molecular complexity index is 746. The van der Waals surface area contributed by atoms with Gasteiger partial charge < -0.3 is 14.6 Å². The zero-order valence-corrected chi connectivity index (χ0v) is 13.5. The van der Waals surface area contributed by atoms with Crippen LogP contribution in [0.5, 0.6) is 0 Å². The largest absolute Gasteiger partial charge is 0.464 e. The van der Waals surface area contributed by atoms with Crippen molar-refractivity contribution >= 4 is 17.6 Å². The van der Waals surface area contributed by atoms with Gasteiger partial charge in [0, 0.05) is 19.5 Å². The number of furan rings is 1. The highest BCUT2D eigenvalue weighted by atomic mass is 16.3. The Labute approximate surface area is 134 Å². The summed E-state index contributed by atoms with van der Waals surface area (Å²) in [6, 6.07) is 5.00. The van der Waals surface area contributed by atoms with Gasteiger partial charge in [0.2, 0.25) is 11.8 Å². The third-order valence-corrected chi connectivity index (χ3v) is 4.01. The van der Waals surface area contributed by atoms with Crippen LogP contribution in [0.4, 0.5) is 5.82 Å². The van der Waals surface area contributed by atoms with Crippen molar-refractivity contribution < 1.29 is 14.0 Å². The van der Waals surface area contributed by atoms with Crippen molar-refractivity contribution in [1.82, 2.24) is 14.7 Å². The second-order valence-corrected chi connectivity index (χ2v) is 5.87. The van der Waals surface area contributed by atoms with E-state index in [1.54, 1.807) is 22.7 Å². The normalized spacial score (nSPS) is 17.8. The summed E-state index contributed by atoms with van der Waals surface area (Å²) in [6.45, 7) is 4.03. The van der Waals surface area contributed by atoms with E-state index < -0.39 is 6.04 Å². The van der Waals surface area contributed by atoms with Crippen LogP contribution < -0.4 is 5.32 Å². The van der Waals surface area contributed by atoms with E-state index in [2.05, 4.69) is 10.4 Å². The van der Waals surface area contributed by atoms with Gasteiger partial charge in [-0.25, -0.2) is 0 Å². The quantitative estimate of drug-likeness (QED) is 0.932. The zero-order chi connectivity index (χ0) is 16.6. The van der Waals surface area contributed by atoms with Crippen LogP contribution in [-0.2, 0) is 23.2 Å². The lowest BCUT2D eigenvalue weighted by Gasteiger charge is -2.23. The molecule has 7 nitrogen and oxygen atoms in total. The Morgan fingerprint density at radius 3 is 2.83 bits per heavy atom. The van der Waals surface area contributed by atoms with E-state index in [1.165, 1.54) is 0 Å². The fourth-order valence-electron chi connectivity index (χ4n) is 2.88. The molecule has 0 spiro atoms. The fraction of sp³-hybridized carbons (Fsp3) is 0.438. The molecular formula is C16H20N4O3. The Morgan fingerprint density at radius 2 is 2.22 bits per heavy atom. The highest BCUT2D eigenvalue weighted by Crippen LogP contribution is 2.23. The summed E-state index contributed by atoms with van der Waals surface area (Å²) in [5.74, 6) is 1.88. The van der Waals surface area contributed by atoms with Gasteiger partial charge >= 0.3 is 0 Å². The third-order valence-electron chi connectivity index (χ3n) is 4.01. The minimum Gasteiger partial charge on any atom is -0.464 e. The zero-order valence-electron chi connectivity index (χ0n) is 13.5. The van der Waals surface area contributed by atoms with Gasteiger partial charge in [-0.3, -0.25) is 14.3 Å². The number of amides is 2. The molecule has 1 N–H and O–H groups in total. The average Bonchev–Trinajstić information content (AvgIpc) is 3.13. The minimum absolute atomic E-state index is 0.0274. The topological polar surface area (TPSA) is 80.4 Å². The molecule has 0 aromatic carbocycles. The molecule has 1 fully saturated rings. The lowest BCUT2D eigenvalue weighted by atomic mass is 10.2. The molecule has 0 radical (unpaired) electrons. The minimum atomic E-state index is -0.483. The first-order valence-corrected chi connectivity index (χ1v) is 7.60. The summed E-state index contributed by atoms with van der Waals surface area (Å²) in [5.41, 5.74) is 0.827. The second kappa shape index (κ2) is 5.91. The maximum Gasteiger partial charge on any atom is 0.248 e. The molecule has 1 unspecified atom stereocenters. The molecule has 1 aliphatic heterocycles. The summed E-state index contributed by atoms with van der Waals surface area (Å²) in [7, 11) is 1.77. The SMILES string of the molecule is Cc1cc(NC(=O)C2CCC(=O)N2Cc2ccc(C)o2)n(C)n1. The molecule has 3 rings (SSSR count). The predicted molar refractivity (Wildman–Crippen MR) is 83.6 cm³/mol. The van der Waals surface area contributed by atoms with Gasteiger partial charge in [0.05, 0.1) is 12.2 Å². The van der Waals surface area contributed by atoms with Gasteiger partial charge in [-0.1, -0.05) is 0 Å². The highest BCUT2D eigenvalue weighted by Gasteiger charge is 2.36. The molecule has 122 valence electrons. The van der Waals surface area contributed by atoms with Gasteiger partial charge in [-0.2, -0.15) is 5.10 Å². The number of hydrogen-bond acceptors (Lipinski definition) is 4. The lowest BCUT2D eigenvalue weighted by Crippen LogP contribution is -2.41. The second-order valence-electron chi connectivity index (χ2n) is 5.87. The number of carbonyl (C=O) groups excluding carboxylic acids is 2. The number of rotatable bonds is 4. The molecule has 23 heavy (non-hydrogen) atoms. The molecule has 1 atom stereocenters. The number of aryl methyl sites for hydroxylation is 3. The van der Waals surface area contributed by atoms with E-state index in [1.807, 2.05) is 26.0 Å². The first kappa shape index (κ1) is 15.3. The Morgan fingerprint density at radius 1 is 1.43 bits per heavy atom. The van der Waals surface area contributed by atoms with Gasteiger partial charge in [0.1, 0.15) is 23.4 Å². The molecule has 1 saturated heterocycles. The number of hydrogen-bond donors (Lipinski definition) is 1. The van der Waals surface area contributed by atoms with Crippen LogP contribution in [0.15, 0.2) is 22.6 Å². The average molecular weight is 316 g/mol. The molecule has 7 heteroatoms. The van der Waals surface area contributed by atoms with Crippen molar-refractivity contribution in [1.29, 1.82) is 0 Å². The Balaban J connectivity index is 1.73. The first-order valence-electron chi connectivity index (χ1n) is 7.60. The van der Waals surface area contributed by atoms with E-state index in [0.29, 0.717) is 31.0 Å². The molecule has 0 aliphatic carbocycles. The van der Waals surface area contributed by atoms with Crippen molar-refractivity contribution in [2.24, 2.45) is 7.05 Å². The summed E-state index contributed by atoms with van der Waals surface area (Å²) in [6.07, 6.45) is 0.892. The smallest absolute Gasteiger partial charge is 0.248 e. The van der Waals surface area contributed by atoms with Gasteiger partial charge in [-0.05, 0) is 32.4 Å².